The van der Waals surface area contributed by atoms with E-state index < -0.39 is 0 Å². The van der Waals surface area contributed by atoms with Crippen molar-refractivity contribution in [1.82, 2.24) is 10.2 Å². The Morgan fingerprint density at radius 3 is 2.86 bits per heavy atom. The lowest BCUT2D eigenvalue weighted by atomic mass is 10.0. The quantitative estimate of drug-likeness (QED) is 0.900. The molecule has 0 saturated carbocycles. The molecule has 0 amide bonds. The first-order valence-corrected chi connectivity index (χ1v) is 8.87. The Labute approximate surface area is 136 Å². The highest BCUT2D eigenvalue weighted by atomic mass is 79.9. The number of anilines is 1. The number of hydrogen-bond donors (Lipinski definition) is 1. The minimum Gasteiger partial charge on any atom is -0.366 e. The summed E-state index contributed by atoms with van der Waals surface area (Å²) < 4.78 is 1.21. The van der Waals surface area contributed by atoms with E-state index in [1.165, 1.54) is 48.2 Å². The Bertz CT molecular complexity index is 505. The molecule has 0 spiro atoms. The zero-order valence-electron chi connectivity index (χ0n) is 13.3. The number of halogens is 1. The standard InChI is InChI=1S/C17H26BrN3/c1-12-10-20-8-4-5-15(20)11-21(12)14-6-7-16(13(2)19-3)17(18)9-14/h6-7,9,12-13,15,19H,4-5,8,10-11H2,1-3H3. The van der Waals surface area contributed by atoms with Crippen molar-refractivity contribution in [2.24, 2.45) is 0 Å². The smallest absolute Gasteiger partial charge is 0.0389 e. The van der Waals surface area contributed by atoms with Crippen molar-refractivity contribution in [2.75, 3.05) is 31.6 Å². The van der Waals surface area contributed by atoms with E-state index in [2.05, 4.69) is 63.1 Å². The van der Waals surface area contributed by atoms with E-state index >= 15 is 0 Å². The summed E-state index contributed by atoms with van der Waals surface area (Å²) in [4.78, 5) is 5.26. The zero-order valence-corrected chi connectivity index (χ0v) is 14.9. The van der Waals surface area contributed by atoms with Crippen LogP contribution < -0.4 is 10.2 Å². The number of hydrogen-bond acceptors (Lipinski definition) is 3. The summed E-state index contributed by atoms with van der Waals surface area (Å²) in [6.45, 7) is 8.23. The summed E-state index contributed by atoms with van der Waals surface area (Å²) in [5, 5.41) is 3.31. The summed E-state index contributed by atoms with van der Waals surface area (Å²) in [6.07, 6.45) is 2.73. The second-order valence-corrected chi connectivity index (χ2v) is 7.36. The molecule has 3 atom stereocenters. The number of piperazine rings is 1. The normalized spacial score (nSPS) is 27.7. The summed E-state index contributed by atoms with van der Waals surface area (Å²) in [7, 11) is 2.01. The largest absolute Gasteiger partial charge is 0.366 e. The molecule has 0 aliphatic carbocycles. The Morgan fingerprint density at radius 2 is 2.14 bits per heavy atom. The van der Waals surface area contributed by atoms with E-state index in [9.17, 15) is 0 Å². The molecular formula is C17H26BrN3. The Hall–Kier alpha value is -0.580. The summed E-state index contributed by atoms with van der Waals surface area (Å²) >= 11 is 3.75. The molecule has 2 heterocycles. The third-order valence-electron chi connectivity index (χ3n) is 5.15. The molecule has 4 heteroatoms. The molecule has 3 unspecified atom stereocenters. The van der Waals surface area contributed by atoms with Crippen LogP contribution in [0.25, 0.3) is 0 Å². The predicted molar refractivity (Wildman–Crippen MR) is 93.0 cm³/mol. The van der Waals surface area contributed by atoms with Gasteiger partial charge in [-0.05, 0) is 58.0 Å². The molecule has 0 radical (unpaired) electrons. The van der Waals surface area contributed by atoms with Gasteiger partial charge in [0.05, 0.1) is 0 Å². The lowest BCUT2D eigenvalue weighted by Crippen LogP contribution is -2.55. The van der Waals surface area contributed by atoms with Crippen LogP contribution in [0.15, 0.2) is 22.7 Å². The molecule has 1 aromatic carbocycles. The van der Waals surface area contributed by atoms with Crippen LogP contribution in [-0.4, -0.2) is 43.7 Å². The van der Waals surface area contributed by atoms with Gasteiger partial charge >= 0.3 is 0 Å². The van der Waals surface area contributed by atoms with Crippen molar-refractivity contribution < 1.29 is 0 Å². The fourth-order valence-electron chi connectivity index (χ4n) is 3.75. The van der Waals surface area contributed by atoms with Crippen molar-refractivity contribution >= 4 is 21.6 Å². The fourth-order valence-corrected chi connectivity index (χ4v) is 4.46. The fraction of sp³-hybridized carbons (Fsp3) is 0.647. The van der Waals surface area contributed by atoms with Crippen LogP contribution in [0, 0.1) is 0 Å². The molecule has 3 nitrogen and oxygen atoms in total. The van der Waals surface area contributed by atoms with Crippen molar-refractivity contribution in [3.8, 4) is 0 Å². The van der Waals surface area contributed by atoms with E-state index in [1.54, 1.807) is 0 Å². The number of rotatable bonds is 3. The molecular weight excluding hydrogens is 326 g/mol. The van der Waals surface area contributed by atoms with Gasteiger partial charge in [-0.25, -0.2) is 0 Å². The van der Waals surface area contributed by atoms with Crippen molar-refractivity contribution in [2.45, 2.75) is 44.8 Å². The van der Waals surface area contributed by atoms with Gasteiger partial charge in [-0.1, -0.05) is 22.0 Å². The maximum absolute atomic E-state index is 3.75. The molecule has 21 heavy (non-hydrogen) atoms. The van der Waals surface area contributed by atoms with Gasteiger partial charge in [-0.3, -0.25) is 4.90 Å². The number of nitrogens with zero attached hydrogens (tertiary/aromatic N) is 2. The van der Waals surface area contributed by atoms with E-state index in [0.29, 0.717) is 12.1 Å². The molecule has 1 N–H and O–H groups in total. The lowest BCUT2D eigenvalue weighted by molar-refractivity contribution is 0.203. The lowest BCUT2D eigenvalue weighted by Gasteiger charge is -2.43. The highest BCUT2D eigenvalue weighted by Gasteiger charge is 2.34. The van der Waals surface area contributed by atoms with Gasteiger partial charge in [-0.2, -0.15) is 0 Å². The third-order valence-corrected chi connectivity index (χ3v) is 5.84. The minimum atomic E-state index is 0.373. The van der Waals surface area contributed by atoms with Crippen LogP contribution in [0.1, 0.15) is 38.3 Å². The molecule has 0 bridgehead atoms. The average Bonchev–Trinajstić information content (AvgIpc) is 2.92. The average molecular weight is 352 g/mol. The Morgan fingerprint density at radius 1 is 1.33 bits per heavy atom. The van der Waals surface area contributed by atoms with E-state index in [1.807, 2.05) is 7.05 Å². The van der Waals surface area contributed by atoms with Gasteiger partial charge in [0.25, 0.3) is 0 Å². The van der Waals surface area contributed by atoms with E-state index in [-0.39, 0.29) is 0 Å². The van der Waals surface area contributed by atoms with Gasteiger partial charge in [0.15, 0.2) is 0 Å². The van der Waals surface area contributed by atoms with Crippen LogP contribution in [0.3, 0.4) is 0 Å². The topological polar surface area (TPSA) is 18.5 Å². The van der Waals surface area contributed by atoms with Crippen molar-refractivity contribution in [1.29, 1.82) is 0 Å². The van der Waals surface area contributed by atoms with Crippen LogP contribution in [0.5, 0.6) is 0 Å². The van der Waals surface area contributed by atoms with Crippen LogP contribution >= 0.6 is 15.9 Å². The van der Waals surface area contributed by atoms with E-state index in [4.69, 9.17) is 0 Å². The summed E-state index contributed by atoms with van der Waals surface area (Å²) in [5.74, 6) is 0. The highest BCUT2D eigenvalue weighted by molar-refractivity contribution is 9.10. The van der Waals surface area contributed by atoms with Gasteiger partial charge in [0, 0.05) is 41.4 Å². The SMILES string of the molecule is CNC(C)c1ccc(N2CC3CCCN3CC2C)cc1Br. The second-order valence-electron chi connectivity index (χ2n) is 6.51. The van der Waals surface area contributed by atoms with Crippen LogP contribution in [0.4, 0.5) is 5.69 Å². The summed E-state index contributed by atoms with van der Waals surface area (Å²) in [5.41, 5.74) is 2.68. The molecule has 2 fully saturated rings. The maximum atomic E-state index is 3.75. The highest BCUT2D eigenvalue weighted by Crippen LogP contribution is 2.32. The number of nitrogens with one attached hydrogen (secondary N) is 1. The summed E-state index contributed by atoms with van der Waals surface area (Å²) in [6, 6.07) is 8.57. The van der Waals surface area contributed by atoms with Gasteiger partial charge in [0.2, 0.25) is 0 Å². The van der Waals surface area contributed by atoms with Crippen LogP contribution in [-0.2, 0) is 0 Å². The molecule has 3 rings (SSSR count). The molecule has 2 aliphatic rings. The minimum absolute atomic E-state index is 0.373. The van der Waals surface area contributed by atoms with Crippen molar-refractivity contribution in [3.05, 3.63) is 28.2 Å². The monoisotopic (exact) mass is 351 g/mol. The molecule has 2 aliphatic heterocycles. The first-order valence-electron chi connectivity index (χ1n) is 8.07. The number of benzene rings is 1. The predicted octanol–water partition coefficient (Wildman–Crippen LogP) is 3.40. The van der Waals surface area contributed by atoms with Gasteiger partial charge in [0.1, 0.15) is 0 Å². The molecule has 0 aromatic heterocycles. The Kier molecular flexibility index (Phi) is 4.57. The maximum Gasteiger partial charge on any atom is 0.0389 e. The molecule has 116 valence electrons. The first kappa shape index (κ1) is 15.3. The van der Waals surface area contributed by atoms with Crippen molar-refractivity contribution in [3.63, 3.8) is 0 Å². The molecule has 1 aromatic rings. The van der Waals surface area contributed by atoms with Gasteiger partial charge < -0.3 is 10.2 Å². The first-order chi connectivity index (χ1) is 10.1. The second kappa shape index (κ2) is 6.27. The van der Waals surface area contributed by atoms with E-state index in [0.717, 1.165) is 6.04 Å². The number of fused-ring (bicyclic) bond motifs is 1. The zero-order chi connectivity index (χ0) is 15.0. The Balaban J connectivity index is 1.81. The van der Waals surface area contributed by atoms with Gasteiger partial charge in [-0.15, -0.1) is 0 Å². The third kappa shape index (κ3) is 2.99. The van der Waals surface area contributed by atoms with Crippen LogP contribution in [0.2, 0.25) is 0 Å². The molecule has 2 saturated heterocycles.